The summed E-state index contributed by atoms with van der Waals surface area (Å²) in [4.78, 5) is 39.5. The van der Waals surface area contributed by atoms with Crippen molar-refractivity contribution in [1.82, 2.24) is 10.2 Å². The summed E-state index contributed by atoms with van der Waals surface area (Å²) in [6, 6.07) is 7.98. The van der Waals surface area contributed by atoms with Gasteiger partial charge in [-0.3, -0.25) is 19.3 Å². The van der Waals surface area contributed by atoms with Crippen LogP contribution < -0.4 is 5.32 Å². The van der Waals surface area contributed by atoms with Gasteiger partial charge in [0.2, 0.25) is 17.7 Å². The number of fused-ring (bicyclic) bond motifs is 5. The second-order valence-corrected chi connectivity index (χ2v) is 9.00. The van der Waals surface area contributed by atoms with Crippen molar-refractivity contribution < 1.29 is 14.4 Å². The lowest BCUT2D eigenvalue weighted by molar-refractivity contribution is -0.144. The molecule has 0 aromatic heterocycles. The van der Waals surface area contributed by atoms with Gasteiger partial charge in [0.05, 0.1) is 11.8 Å². The predicted molar refractivity (Wildman–Crippen MR) is 102 cm³/mol. The first kappa shape index (κ1) is 17.8. The normalized spacial score (nSPS) is 28.7. The molecule has 1 aromatic rings. The van der Waals surface area contributed by atoms with Gasteiger partial charge in [0, 0.05) is 21.7 Å². The van der Waals surface area contributed by atoms with E-state index in [9.17, 15) is 14.4 Å². The second-order valence-electron chi connectivity index (χ2n) is 6.91. The lowest BCUT2D eigenvalue weighted by Gasteiger charge is -2.16. The van der Waals surface area contributed by atoms with E-state index in [0.29, 0.717) is 6.54 Å². The Bertz CT molecular complexity index is 749. The van der Waals surface area contributed by atoms with Crippen LogP contribution in [0.15, 0.2) is 45.8 Å². The number of amides is 3. The topological polar surface area (TPSA) is 66.5 Å². The van der Waals surface area contributed by atoms with Gasteiger partial charge in [-0.05, 0) is 42.5 Å². The number of halogens is 1. The number of hydrogen-bond donors (Lipinski definition) is 1. The van der Waals surface area contributed by atoms with Crippen LogP contribution in [0, 0.1) is 23.7 Å². The van der Waals surface area contributed by atoms with Gasteiger partial charge in [-0.15, -0.1) is 11.8 Å². The van der Waals surface area contributed by atoms with Gasteiger partial charge in [0.1, 0.15) is 6.54 Å². The number of allylic oxidation sites excluding steroid dienone is 2. The van der Waals surface area contributed by atoms with Crippen molar-refractivity contribution >= 4 is 45.4 Å². The molecule has 2 aliphatic carbocycles. The largest absolute Gasteiger partial charge is 0.354 e. The summed E-state index contributed by atoms with van der Waals surface area (Å²) in [5, 5.41) is 2.81. The quantitative estimate of drug-likeness (QED) is 0.323. The van der Waals surface area contributed by atoms with E-state index in [2.05, 4.69) is 33.4 Å². The van der Waals surface area contributed by atoms with Gasteiger partial charge in [0.15, 0.2) is 0 Å². The number of nitrogens with zero attached hydrogens (tertiary/aromatic N) is 1. The molecule has 0 spiro atoms. The Morgan fingerprint density at radius 2 is 1.73 bits per heavy atom. The monoisotopic (exact) mass is 434 g/mol. The first-order chi connectivity index (χ1) is 12.5. The smallest absolute Gasteiger partial charge is 0.240 e. The summed E-state index contributed by atoms with van der Waals surface area (Å²) in [5.41, 5.74) is 0. The van der Waals surface area contributed by atoms with Crippen LogP contribution in [-0.2, 0) is 14.4 Å². The maximum absolute atomic E-state index is 12.5. The van der Waals surface area contributed by atoms with Crippen molar-refractivity contribution in [2.24, 2.45) is 23.7 Å². The molecule has 3 amide bonds. The lowest BCUT2D eigenvalue weighted by Crippen LogP contribution is -2.42. The SMILES string of the molecule is O=C(CN1C(=O)[C@H]2[C@H](C1=O)[C@H]1C=C[C@H]2C1)NCCSc1ccc(Br)cc1. The van der Waals surface area contributed by atoms with Gasteiger partial charge in [-0.1, -0.05) is 28.1 Å². The zero-order valence-electron chi connectivity index (χ0n) is 14.1. The van der Waals surface area contributed by atoms with Gasteiger partial charge in [0.25, 0.3) is 0 Å². The van der Waals surface area contributed by atoms with Gasteiger partial charge in [-0.2, -0.15) is 0 Å². The van der Waals surface area contributed by atoms with Crippen LogP contribution in [0.3, 0.4) is 0 Å². The highest BCUT2D eigenvalue weighted by atomic mass is 79.9. The Labute approximate surface area is 164 Å². The van der Waals surface area contributed by atoms with E-state index in [-0.39, 0.29) is 47.9 Å². The van der Waals surface area contributed by atoms with Crippen LogP contribution in [0.5, 0.6) is 0 Å². The molecule has 0 radical (unpaired) electrons. The summed E-state index contributed by atoms with van der Waals surface area (Å²) >= 11 is 5.04. The fourth-order valence-corrected chi connectivity index (χ4v) is 5.24. The van der Waals surface area contributed by atoms with Crippen LogP contribution in [0.1, 0.15) is 6.42 Å². The van der Waals surface area contributed by atoms with E-state index in [1.165, 1.54) is 4.90 Å². The summed E-state index contributed by atoms with van der Waals surface area (Å²) < 4.78 is 1.03. The molecule has 4 rings (SSSR count). The Hall–Kier alpha value is -1.60. The third-order valence-electron chi connectivity index (χ3n) is 5.37. The number of likely N-dealkylation sites (tertiary alicyclic amines) is 1. The van der Waals surface area contributed by atoms with Crippen LogP contribution in [-0.4, -0.2) is 41.5 Å². The molecule has 136 valence electrons. The molecule has 7 heteroatoms. The van der Waals surface area contributed by atoms with Gasteiger partial charge >= 0.3 is 0 Å². The molecular formula is C19H19BrN2O3S. The molecular weight excluding hydrogens is 416 g/mol. The van der Waals surface area contributed by atoms with E-state index in [4.69, 9.17) is 0 Å². The fraction of sp³-hybridized carbons (Fsp3) is 0.421. The second kappa shape index (κ2) is 7.19. The third-order valence-corrected chi connectivity index (χ3v) is 6.91. The number of rotatable bonds is 6. The molecule has 1 heterocycles. The standard InChI is InChI=1S/C19H19BrN2O3S/c20-13-3-5-14(6-4-13)26-8-7-21-15(23)10-22-18(24)16-11-1-2-12(9-11)17(16)19(22)25/h1-6,11-12,16-17H,7-10H2,(H,21,23)/t11-,12-,16+,17+/m0/s1. The fourth-order valence-electron chi connectivity index (χ4n) is 4.21. The van der Waals surface area contributed by atoms with Crippen molar-refractivity contribution in [3.8, 4) is 0 Å². The minimum Gasteiger partial charge on any atom is -0.354 e. The van der Waals surface area contributed by atoms with Crippen LogP contribution in [0.4, 0.5) is 0 Å². The van der Waals surface area contributed by atoms with Crippen LogP contribution in [0.2, 0.25) is 0 Å². The van der Waals surface area contributed by atoms with Gasteiger partial charge < -0.3 is 5.32 Å². The summed E-state index contributed by atoms with van der Waals surface area (Å²) in [6.45, 7) is 0.336. The molecule has 2 bridgehead atoms. The first-order valence-corrected chi connectivity index (χ1v) is 10.5. The molecule has 1 N–H and O–H groups in total. The zero-order chi connectivity index (χ0) is 18.3. The molecule has 1 saturated heterocycles. The Morgan fingerprint density at radius 1 is 1.12 bits per heavy atom. The molecule has 1 saturated carbocycles. The number of carbonyl (C=O) groups is 3. The number of thioether (sulfide) groups is 1. The Kier molecular flexibility index (Phi) is 4.92. The van der Waals surface area contributed by atoms with Crippen molar-refractivity contribution in [2.45, 2.75) is 11.3 Å². The highest BCUT2D eigenvalue weighted by Gasteiger charge is 2.59. The van der Waals surface area contributed by atoms with Crippen molar-refractivity contribution in [1.29, 1.82) is 0 Å². The van der Waals surface area contributed by atoms with E-state index >= 15 is 0 Å². The summed E-state index contributed by atoms with van der Waals surface area (Å²) in [6.07, 6.45) is 5.01. The Balaban J connectivity index is 1.24. The minimum absolute atomic E-state index is 0.160. The molecule has 4 atom stereocenters. The highest BCUT2D eigenvalue weighted by molar-refractivity contribution is 9.10. The molecule has 26 heavy (non-hydrogen) atoms. The summed E-state index contributed by atoms with van der Waals surface area (Å²) in [5.74, 6) is -0.00443. The third kappa shape index (κ3) is 3.22. The van der Waals surface area contributed by atoms with E-state index in [0.717, 1.165) is 21.5 Å². The van der Waals surface area contributed by atoms with Crippen LogP contribution >= 0.6 is 27.7 Å². The van der Waals surface area contributed by atoms with Crippen molar-refractivity contribution in [2.75, 3.05) is 18.8 Å². The average molecular weight is 435 g/mol. The predicted octanol–water partition coefficient (Wildman–Crippen LogP) is 2.46. The maximum atomic E-state index is 12.5. The number of imide groups is 1. The molecule has 5 nitrogen and oxygen atoms in total. The number of carbonyl (C=O) groups excluding carboxylic acids is 3. The lowest BCUT2D eigenvalue weighted by atomic mass is 9.85. The molecule has 1 aliphatic heterocycles. The minimum atomic E-state index is -0.275. The number of hydrogen-bond acceptors (Lipinski definition) is 4. The van der Waals surface area contributed by atoms with E-state index in [1.807, 2.05) is 24.3 Å². The highest BCUT2D eigenvalue weighted by Crippen LogP contribution is 2.52. The maximum Gasteiger partial charge on any atom is 0.240 e. The Morgan fingerprint density at radius 3 is 2.35 bits per heavy atom. The van der Waals surface area contributed by atoms with E-state index in [1.54, 1.807) is 11.8 Å². The van der Waals surface area contributed by atoms with Gasteiger partial charge in [-0.25, -0.2) is 0 Å². The number of benzene rings is 1. The summed E-state index contributed by atoms with van der Waals surface area (Å²) in [7, 11) is 0. The zero-order valence-corrected chi connectivity index (χ0v) is 16.5. The molecule has 3 aliphatic rings. The first-order valence-electron chi connectivity index (χ1n) is 8.73. The van der Waals surface area contributed by atoms with E-state index < -0.39 is 0 Å². The average Bonchev–Trinajstić information content (AvgIpc) is 3.30. The number of nitrogens with one attached hydrogen (secondary N) is 1. The van der Waals surface area contributed by atoms with Crippen molar-refractivity contribution in [3.05, 3.63) is 40.9 Å². The molecule has 0 unspecified atom stereocenters. The molecule has 2 fully saturated rings. The van der Waals surface area contributed by atoms with Crippen LogP contribution in [0.25, 0.3) is 0 Å². The van der Waals surface area contributed by atoms with Crippen molar-refractivity contribution in [3.63, 3.8) is 0 Å². The molecule has 1 aromatic carbocycles.